The molecule has 15 atom stereocenters. The quantitative estimate of drug-likeness (QED) is 0.0828. The predicted molar refractivity (Wildman–Crippen MR) is 283 cm³/mol. The molecule has 7 aliphatic rings. The predicted octanol–water partition coefficient (Wildman–Crippen LogP) is 12.5. The van der Waals surface area contributed by atoms with Crippen molar-refractivity contribution in [3.05, 3.63) is 83.4 Å². The Morgan fingerprint density at radius 1 is 0.771 bits per heavy atom. The van der Waals surface area contributed by atoms with Crippen molar-refractivity contribution in [3.8, 4) is 11.8 Å². The molecular weight excluding hydrogens is 909 g/mol. The van der Waals surface area contributed by atoms with Crippen molar-refractivity contribution in [1.29, 1.82) is 0 Å². The van der Waals surface area contributed by atoms with Crippen LogP contribution in [-0.2, 0) is 31.9 Å². The Bertz CT molecular complexity index is 2210. The standard InChI is InChI=1S/C61H84O7S2/c1-5-6-9-15-45-21-23-49(35-45)58(4)30-27-53(63)61-52(62)25-20-42(2)32-48(34-44-18-12-8-13-19-44)40-69-70-41-50-24-22-46(33-43-16-10-7-11-17-43)37-59(50)29-14-28-57(3,38-51(55(58)61)68-56(59)65)60(61,66)31-26-47-36-54(64)67-39-47/h7-8,10-13,16-19,36,42,45-46,48-53,55,62-63,66H,5-6,9,15,20-27,29-35,37-41H2,1-4H3. The van der Waals surface area contributed by atoms with Crippen LogP contribution in [0.2, 0.25) is 0 Å². The lowest BCUT2D eigenvalue weighted by Gasteiger charge is -2.71. The van der Waals surface area contributed by atoms with E-state index in [1.807, 2.05) is 28.5 Å². The van der Waals surface area contributed by atoms with E-state index in [-0.39, 0.29) is 48.6 Å². The van der Waals surface area contributed by atoms with Crippen LogP contribution in [0.15, 0.2) is 72.3 Å². The molecule has 2 aromatic carbocycles. The summed E-state index contributed by atoms with van der Waals surface area (Å²) in [6.45, 7) is 9.20. The van der Waals surface area contributed by atoms with Crippen LogP contribution in [0.3, 0.4) is 0 Å². The van der Waals surface area contributed by atoms with Crippen molar-refractivity contribution in [2.24, 2.45) is 63.1 Å². The highest BCUT2D eigenvalue weighted by Crippen LogP contribution is 2.72. The lowest BCUT2D eigenvalue weighted by atomic mass is 9.35. The summed E-state index contributed by atoms with van der Waals surface area (Å²) in [6, 6.07) is 21.5. The van der Waals surface area contributed by atoms with Crippen molar-refractivity contribution >= 4 is 33.5 Å². The molecule has 0 radical (unpaired) electrons. The molecule has 4 aliphatic carbocycles. The van der Waals surface area contributed by atoms with Gasteiger partial charge in [0.1, 0.15) is 12.7 Å². The first-order valence-electron chi connectivity index (χ1n) is 27.7. The number of aliphatic hydroxyl groups is 3. The molecular formula is C61H84O7S2. The van der Waals surface area contributed by atoms with Gasteiger partial charge in [0.05, 0.1) is 34.1 Å². The fourth-order valence-corrected chi connectivity index (χ4v) is 19.3. The van der Waals surface area contributed by atoms with Gasteiger partial charge in [-0.15, -0.1) is 5.92 Å². The summed E-state index contributed by atoms with van der Waals surface area (Å²) in [5, 5.41) is 41.7. The average molecular weight is 993 g/mol. The minimum atomic E-state index is -1.72. The molecule has 7 nitrogen and oxygen atoms in total. The van der Waals surface area contributed by atoms with E-state index in [9.17, 15) is 20.1 Å². The van der Waals surface area contributed by atoms with Gasteiger partial charge in [-0.3, -0.25) is 4.79 Å². The molecule has 0 aromatic heterocycles. The second kappa shape index (κ2) is 22.0. The molecule has 1 spiro atoms. The van der Waals surface area contributed by atoms with Crippen LogP contribution < -0.4 is 0 Å². The molecule has 15 unspecified atom stereocenters. The van der Waals surface area contributed by atoms with E-state index >= 15 is 4.79 Å². The van der Waals surface area contributed by atoms with Gasteiger partial charge in [0.25, 0.3) is 0 Å². The maximum absolute atomic E-state index is 16.1. The van der Waals surface area contributed by atoms with Crippen molar-refractivity contribution in [3.63, 3.8) is 0 Å². The molecule has 9 rings (SSSR count). The Labute approximate surface area is 428 Å². The SMILES string of the molecule is CCCCCC1CCC(C2(C)CCC(O)C34C(O)CCC(C)CC(Cc5ccccc5)CSSCC5CCC(Cc6ccccc6)CC56CC#CC(C)(CC(OC6=O)C23)C4(O)CCC2=CC(=O)OC2)C1. The monoisotopic (exact) mass is 993 g/mol. The Balaban J connectivity index is 1.20. The Morgan fingerprint density at radius 3 is 2.17 bits per heavy atom. The number of carbonyl (C=O) groups is 2. The maximum Gasteiger partial charge on any atom is 0.331 e. The van der Waals surface area contributed by atoms with Gasteiger partial charge in [0.2, 0.25) is 0 Å². The van der Waals surface area contributed by atoms with E-state index in [0.717, 1.165) is 81.3 Å². The van der Waals surface area contributed by atoms with Gasteiger partial charge in [0.15, 0.2) is 0 Å². The topological polar surface area (TPSA) is 113 Å². The van der Waals surface area contributed by atoms with Crippen LogP contribution in [0.1, 0.15) is 161 Å². The van der Waals surface area contributed by atoms with Gasteiger partial charge in [-0.1, -0.05) is 141 Å². The zero-order valence-electron chi connectivity index (χ0n) is 42.9. The van der Waals surface area contributed by atoms with Crippen molar-refractivity contribution in [2.75, 3.05) is 18.1 Å². The van der Waals surface area contributed by atoms with E-state index in [4.69, 9.17) is 9.47 Å². The molecule has 0 amide bonds. The van der Waals surface area contributed by atoms with Gasteiger partial charge >= 0.3 is 11.9 Å². The van der Waals surface area contributed by atoms with Gasteiger partial charge in [-0.25, -0.2) is 4.79 Å². The molecule has 3 heterocycles. The first kappa shape index (κ1) is 52.1. The lowest BCUT2D eigenvalue weighted by Crippen LogP contribution is -2.79. The van der Waals surface area contributed by atoms with Crippen LogP contribution >= 0.6 is 21.6 Å². The van der Waals surface area contributed by atoms with E-state index < -0.39 is 51.5 Å². The van der Waals surface area contributed by atoms with Crippen LogP contribution in [0.5, 0.6) is 0 Å². The van der Waals surface area contributed by atoms with Gasteiger partial charge in [0, 0.05) is 36.3 Å². The van der Waals surface area contributed by atoms with E-state index in [0.29, 0.717) is 50.4 Å². The van der Waals surface area contributed by atoms with E-state index in [1.165, 1.54) is 36.8 Å². The van der Waals surface area contributed by atoms with Gasteiger partial charge in [-0.2, -0.15) is 0 Å². The molecule has 382 valence electrons. The number of hydrogen-bond acceptors (Lipinski definition) is 9. The van der Waals surface area contributed by atoms with Crippen LogP contribution in [0, 0.1) is 74.9 Å². The first-order chi connectivity index (χ1) is 33.7. The largest absolute Gasteiger partial charge is 0.462 e. The third-order valence-electron chi connectivity index (χ3n) is 20.0. The van der Waals surface area contributed by atoms with Gasteiger partial charge in [-0.05, 0) is 154 Å². The molecule has 5 fully saturated rings. The number of hydrogen-bond donors (Lipinski definition) is 3. The van der Waals surface area contributed by atoms with Crippen molar-refractivity contribution in [2.45, 2.75) is 186 Å². The summed E-state index contributed by atoms with van der Waals surface area (Å²) in [7, 11) is 3.88. The van der Waals surface area contributed by atoms with Crippen LogP contribution in [0.25, 0.3) is 0 Å². The summed E-state index contributed by atoms with van der Waals surface area (Å²) >= 11 is 0. The second-order valence-electron chi connectivity index (χ2n) is 24.3. The molecule has 1 saturated heterocycles. The number of aliphatic hydroxyl groups excluding tert-OH is 2. The van der Waals surface area contributed by atoms with Crippen molar-refractivity contribution in [1.82, 2.24) is 0 Å². The summed E-state index contributed by atoms with van der Waals surface area (Å²) in [4.78, 5) is 28.7. The third kappa shape index (κ3) is 10.1. The minimum Gasteiger partial charge on any atom is -0.462 e. The highest BCUT2D eigenvalue weighted by Gasteiger charge is 2.78. The van der Waals surface area contributed by atoms with Gasteiger partial charge < -0.3 is 24.8 Å². The fourth-order valence-electron chi connectivity index (χ4n) is 16.3. The number of carbonyl (C=O) groups excluding carboxylic acids is 2. The highest BCUT2D eigenvalue weighted by atomic mass is 33.1. The number of rotatable bonds is 12. The Hall–Kier alpha value is -2.74. The normalized spacial score (nSPS) is 41.2. The minimum absolute atomic E-state index is 0.0508. The molecule has 2 aromatic rings. The summed E-state index contributed by atoms with van der Waals surface area (Å²) < 4.78 is 12.9. The van der Waals surface area contributed by atoms with Crippen LogP contribution in [-0.4, -0.2) is 69.3 Å². The third-order valence-corrected chi connectivity index (χ3v) is 22.6. The number of cyclic esters (lactones) is 1. The summed E-state index contributed by atoms with van der Waals surface area (Å²) in [5.41, 5.74) is -2.26. The van der Waals surface area contributed by atoms with Crippen molar-refractivity contribution < 1.29 is 34.4 Å². The zero-order valence-corrected chi connectivity index (χ0v) is 44.5. The maximum atomic E-state index is 16.1. The number of benzene rings is 2. The number of unbranched alkanes of at least 4 members (excludes halogenated alkanes) is 2. The highest BCUT2D eigenvalue weighted by molar-refractivity contribution is 8.76. The smallest absolute Gasteiger partial charge is 0.331 e. The number of fused-ring (bicyclic) bond motifs is 2. The number of ether oxygens (including phenoxy) is 2. The molecule has 9 heteroatoms. The lowest BCUT2D eigenvalue weighted by molar-refractivity contribution is -0.338. The Morgan fingerprint density at radius 2 is 1.46 bits per heavy atom. The van der Waals surface area contributed by atoms with E-state index in [1.54, 1.807) is 6.08 Å². The summed E-state index contributed by atoms with van der Waals surface area (Å²) in [5.74, 6) is 10.1. The molecule has 3 aliphatic heterocycles. The summed E-state index contributed by atoms with van der Waals surface area (Å²) in [6.07, 6.45) is 15.9. The molecule has 4 bridgehead atoms. The average Bonchev–Trinajstić information content (AvgIpc) is 4.02. The fraction of sp³-hybridized carbons (Fsp3) is 0.705. The molecule has 4 saturated carbocycles. The first-order valence-corrected chi connectivity index (χ1v) is 30.2. The molecule has 70 heavy (non-hydrogen) atoms. The number of esters is 2. The molecule has 3 N–H and O–H groups in total. The second-order valence-corrected chi connectivity index (χ2v) is 26.9. The zero-order chi connectivity index (χ0) is 49.2. The Kier molecular flexibility index (Phi) is 16.4. The van der Waals surface area contributed by atoms with Crippen LogP contribution in [0.4, 0.5) is 0 Å². The van der Waals surface area contributed by atoms with E-state index in [2.05, 4.69) is 93.3 Å².